The summed E-state index contributed by atoms with van der Waals surface area (Å²) in [5, 5.41) is 0. The number of hydrogen-bond donors (Lipinski definition) is 0. The Kier molecular flexibility index (Phi) is 56.6. The zero-order valence-electron chi connectivity index (χ0n) is 6.03. The van der Waals surface area contributed by atoms with Crippen molar-refractivity contribution in [1.29, 1.82) is 0 Å². The maximum atomic E-state index is 2.18. The van der Waals surface area contributed by atoms with Gasteiger partial charge >= 0.3 is 23.1 Å². The maximum absolute atomic E-state index is 2.18. The molecule has 0 saturated heterocycles. The van der Waals surface area contributed by atoms with E-state index >= 15 is 0 Å². The van der Waals surface area contributed by atoms with Gasteiger partial charge < -0.3 is 34.0 Å². The zero-order valence-corrected chi connectivity index (χ0v) is 10.6. The molecule has 0 bridgehead atoms. The summed E-state index contributed by atoms with van der Waals surface area (Å²) in [6.45, 7) is 4.29. The van der Waals surface area contributed by atoms with Gasteiger partial charge in [-0.15, -0.1) is 0 Å². The van der Waals surface area contributed by atoms with Crippen molar-refractivity contribution in [2.45, 2.75) is 26.7 Å². The van der Waals surface area contributed by atoms with Gasteiger partial charge in [-0.3, -0.25) is 0 Å². The normalized spacial score (nSPS) is 6.89. The molecule has 0 aromatic heterocycles. The Morgan fingerprint density at radius 2 is 1.11 bits per heavy atom. The van der Waals surface area contributed by atoms with E-state index in [0.717, 1.165) is 0 Å². The van der Waals surface area contributed by atoms with E-state index in [9.17, 15) is 0 Å². The summed E-state index contributed by atoms with van der Waals surface area (Å²) in [6, 6.07) is 0. The van der Waals surface area contributed by atoms with E-state index in [1.54, 1.807) is 0 Å². The van der Waals surface area contributed by atoms with Crippen LogP contribution in [-0.2, 0) is 0 Å². The second-order valence-corrected chi connectivity index (χ2v) is 1.29. The van der Waals surface area contributed by atoms with E-state index in [2.05, 4.69) is 26.0 Å². The van der Waals surface area contributed by atoms with Gasteiger partial charge in [0, 0.05) is 0 Å². The van der Waals surface area contributed by atoms with E-state index in [-0.39, 0.29) is 57.0 Å². The predicted molar refractivity (Wildman–Crippen MR) is 35.5 cm³/mol. The van der Waals surface area contributed by atoms with Crippen LogP contribution in [0.2, 0.25) is 0 Å². The summed E-state index contributed by atoms with van der Waals surface area (Å²) in [4.78, 5) is 0. The van der Waals surface area contributed by atoms with E-state index in [0.29, 0.717) is 0 Å². The van der Waals surface area contributed by atoms with Crippen LogP contribution in [0.1, 0.15) is 26.7 Å². The predicted octanol–water partition coefficient (Wildman–Crippen LogP) is -4.01. The van der Waals surface area contributed by atoms with Gasteiger partial charge in [0.1, 0.15) is 0 Å². The fraction of sp³-hybridized carbons (Fsp3) is 0.667. The molecule has 0 unspecified atom stereocenters. The second kappa shape index (κ2) is 22.7. The number of hydrogen-bond acceptors (Lipinski definition) is 0. The van der Waals surface area contributed by atoms with Crippen molar-refractivity contribution in [2.24, 2.45) is 0 Å². The molecule has 0 spiro atoms. The van der Waals surface area contributed by atoms with Crippen LogP contribution in [0.25, 0.3) is 0 Å². The SMILES string of the molecule is CC/C=C\CC.[Br-].[Br-].[Mg+2]. The average molecular weight is 268 g/mol. The molecule has 0 aliphatic heterocycles. The van der Waals surface area contributed by atoms with Crippen LogP contribution >= 0.6 is 0 Å². The van der Waals surface area contributed by atoms with Crippen LogP contribution in [0, 0.1) is 0 Å². The van der Waals surface area contributed by atoms with Crippen molar-refractivity contribution in [3.8, 4) is 0 Å². The van der Waals surface area contributed by atoms with Gasteiger partial charge in [0.05, 0.1) is 0 Å². The first-order valence-electron chi connectivity index (χ1n) is 2.56. The van der Waals surface area contributed by atoms with Crippen molar-refractivity contribution >= 4 is 23.1 Å². The molecule has 0 aromatic rings. The first kappa shape index (κ1) is 22.4. The van der Waals surface area contributed by atoms with E-state index in [4.69, 9.17) is 0 Å². The molecule has 0 aromatic carbocycles. The summed E-state index contributed by atoms with van der Waals surface area (Å²) < 4.78 is 0. The molecule has 0 aliphatic rings. The van der Waals surface area contributed by atoms with Crippen molar-refractivity contribution in [3.05, 3.63) is 12.2 Å². The van der Waals surface area contributed by atoms with Gasteiger partial charge in [-0.25, -0.2) is 0 Å². The fourth-order valence-electron chi connectivity index (χ4n) is 0.333. The Labute approximate surface area is 95.2 Å². The number of allylic oxidation sites excluding steroid dienone is 2. The van der Waals surface area contributed by atoms with E-state index < -0.39 is 0 Å². The van der Waals surface area contributed by atoms with Crippen LogP contribution in [0.4, 0.5) is 0 Å². The Hall–Kier alpha value is 1.47. The third kappa shape index (κ3) is 26.5. The van der Waals surface area contributed by atoms with Crippen molar-refractivity contribution < 1.29 is 34.0 Å². The van der Waals surface area contributed by atoms with Gasteiger partial charge in [0.2, 0.25) is 0 Å². The van der Waals surface area contributed by atoms with E-state index in [1.807, 2.05) is 0 Å². The van der Waals surface area contributed by atoms with Gasteiger partial charge in [0.15, 0.2) is 0 Å². The van der Waals surface area contributed by atoms with Crippen LogP contribution in [0.5, 0.6) is 0 Å². The smallest absolute Gasteiger partial charge is 1.00 e. The summed E-state index contributed by atoms with van der Waals surface area (Å²) >= 11 is 0. The van der Waals surface area contributed by atoms with Gasteiger partial charge in [-0.2, -0.15) is 0 Å². The third-order valence-corrected chi connectivity index (χ3v) is 0.638. The first-order valence-corrected chi connectivity index (χ1v) is 2.56. The monoisotopic (exact) mass is 266 g/mol. The van der Waals surface area contributed by atoms with Crippen molar-refractivity contribution in [2.75, 3.05) is 0 Å². The van der Waals surface area contributed by atoms with E-state index in [1.165, 1.54) is 12.8 Å². The molecular weight excluding hydrogens is 256 g/mol. The van der Waals surface area contributed by atoms with Gasteiger partial charge in [0.25, 0.3) is 0 Å². The van der Waals surface area contributed by atoms with Crippen LogP contribution < -0.4 is 34.0 Å². The molecule has 0 saturated carbocycles. The Morgan fingerprint density at radius 3 is 1.22 bits per heavy atom. The Morgan fingerprint density at radius 1 is 0.889 bits per heavy atom. The summed E-state index contributed by atoms with van der Waals surface area (Å²) in [5.41, 5.74) is 0. The topological polar surface area (TPSA) is 0 Å². The largest absolute Gasteiger partial charge is 2.00 e. The Bertz CT molecular complexity index is 40.3. The molecule has 0 N–H and O–H groups in total. The van der Waals surface area contributed by atoms with Crippen LogP contribution in [0.15, 0.2) is 12.2 Å². The second-order valence-electron chi connectivity index (χ2n) is 1.29. The van der Waals surface area contributed by atoms with Crippen LogP contribution in [0.3, 0.4) is 0 Å². The fourth-order valence-corrected chi connectivity index (χ4v) is 0.333. The molecule has 0 amide bonds. The van der Waals surface area contributed by atoms with Gasteiger partial charge in [-0.05, 0) is 12.8 Å². The van der Waals surface area contributed by atoms with Crippen molar-refractivity contribution in [3.63, 3.8) is 0 Å². The molecule has 0 aliphatic carbocycles. The van der Waals surface area contributed by atoms with Crippen LogP contribution in [-0.4, -0.2) is 23.1 Å². The molecule has 52 valence electrons. The number of halogens is 2. The molecule has 3 heteroatoms. The summed E-state index contributed by atoms with van der Waals surface area (Å²) in [7, 11) is 0. The molecule has 0 fully saturated rings. The molecule has 0 heterocycles. The Balaban J connectivity index is -0.0000000417. The molecule has 0 radical (unpaired) electrons. The minimum Gasteiger partial charge on any atom is -1.00 e. The summed E-state index contributed by atoms with van der Waals surface area (Å²) in [5.74, 6) is 0. The van der Waals surface area contributed by atoms with Gasteiger partial charge in [-0.1, -0.05) is 26.0 Å². The quantitative estimate of drug-likeness (QED) is 0.354. The minimum absolute atomic E-state index is 0. The standard InChI is InChI=1S/C6H12.2BrH.Mg/c1-3-5-6-4-2;;;/h5-6H,3-4H2,1-2H3;2*1H;/q;;;+2/p-2/b6-5-;;;. The molecule has 9 heavy (non-hydrogen) atoms. The summed E-state index contributed by atoms with van der Waals surface area (Å²) in [6.07, 6.45) is 6.71. The minimum atomic E-state index is 0. The maximum Gasteiger partial charge on any atom is 2.00 e. The molecule has 0 nitrogen and oxygen atoms in total. The third-order valence-electron chi connectivity index (χ3n) is 0.638. The number of rotatable bonds is 2. The molecule has 0 rings (SSSR count). The first-order chi connectivity index (χ1) is 2.91. The average Bonchev–Trinajstić information content (AvgIpc) is 1.61. The van der Waals surface area contributed by atoms with Crippen molar-refractivity contribution in [1.82, 2.24) is 0 Å². The zero-order chi connectivity index (χ0) is 4.83. The molecular formula is C6H12Br2Mg. The molecule has 0 atom stereocenters.